The number of aryl methyl sites for hydroxylation is 1. The number of rotatable bonds is 7. The van der Waals surface area contributed by atoms with Crippen molar-refractivity contribution in [3.63, 3.8) is 0 Å². The lowest BCUT2D eigenvalue weighted by atomic mass is 9.83. The molecule has 33 heavy (non-hydrogen) atoms. The number of imide groups is 1. The zero-order valence-corrected chi connectivity index (χ0v) is 18.9. The van der Waals surface area contributed by atoms with E-state index in [1.807, 2.05) is 13.0 Å². The van der Waals surface area contributed by atoms with Crippen LogP contribution in [0.25, 0.3) is 5.57 Å². The predicted octanol–water partition coefficient (Wildman–Crippen LogP) is 3.30. The smallest absolute Gasteiger partial charge is 0.323 e. The van der Waals surface area contributed by atoms with Gasteiger partial charge in [-0.2, -0.15) is 5.26 Å². The van der Waals surface area contributed by atoms with Gasteiger partial charge in [-0.25, -0.2) is 4.90 Å². The summed E-state index contributed by atoms with van der Waals surface area (Å²) in [5.74, 6) is -3.18. The van der Waals surface area contributed by atoms with E-state index in [1.54, 1.807) is 43.3 Å². The zero-order valence-electron chi connectivity index (χ0n) is 18.9. The fraction of sp³-hybridized carbons (Fsp3) is 0.280. The number of methoxy groups -OCH3 is 2. The second kappa shape index (κ2) is 10.0. The molecule has 0 aliphatic carbocycles. The van der Waals surface area contributed by atoms with E-state index in [0.717, 1.165) is 10.5 Å². The van der Waals surface area contributed by atoms with Crippen LogP contribution in [0, 0.1) is 17.2 Å². The molecule has 0 fully saturated rings. The third-order valence-corrected chi connectivity index (χ3v) is 5.38. The van der Waals surface area contributed by atoms with Crippen LogP contribution in [-0.2, 0) is 25.5 Å². The van der Waals surface area contributed by atoms with Gasteiger partial charge in [0.15, 0.2) is 17.4 Å². The van der Waals surface area contributed by atoms with Gasteiger partial charge in [-0.15, -0.1) is 0 Å². The summed E-state index contributed by atoms with van der Waals surface area (Å²) >= 11 is 0. The van der Waals surface area contributed by atoms with Gasteiger partial charge in [0.25, 0.3) is 11.8 Å². The largest absolute Gasteiger partial charge is 0.493 e. The van der Waals surface area contributed by atoms with Crippen molar-refractivity contribution in [2.75, 3.05) is 25.7 Å². The first-order valence-electron chi connectivity index (χ1n) is 10.4. The maximum atomic E-state index is 13.6. The highest BCUT2D eigenvalue weighted by atomic mass is 16.5. The molecule has 2 aromatic carbocycles. The molecule has 1 aliphatic rings. The summed E-state index contributed by atoms with van der Waals surface area (Å²) in [5.41, 5.74) is 1.05. The standard InChI is InChI=1S/C25H24N2O6/c1-5-15-9-7-8-10-18(15)27-23(28)17(14-26)21(22(24(27)29)25(30)33-6-2)16-11-12-19(31-3)20(13-16)32-4/h7-13,22H,5-6H2,1-4H3. The van der Waals surface area contributed by atoms with Crippen molar-refractivity contribution < 1.29 is 28.6 Å². The molecule has 0 saturated carbocycles. The Morgan fingerprint density at radius 3 is 2.36 bits per heavy atom. The first-order chi connectivity index (χ1) is 15.9. The zero-order chi connectivity index (χ0) is 24.1. The fourth-order valence-electron chi connectivity index (χ4n) is 3.85. The van der Waals surface area contributed by atoms with Gasteiger partial charge in [0, 0.05) is 5.57 Å². The summed E-state index contributed by atoms with van der Waals surface area (Å²) in [6, 6.07) is 13.5. The first kappa shape index (κ1) is 23.5. The minimum atomic E-state index is -1.50. The van der Waals surface area contributed by atoms with Crippen LogP contribution >= 0.6 is 0 Å². The molecular formula is C25H24N2O6. The number of esters is 1. The summed E-state index contributed by atoms with van der Waals surface area (Å²) in [4.78, 5) is 41.0. The summed E-state index contributed by atoms with van der Waals surface area (Å²) < 4.78 is 15.8. The lowest BCUT2D eigenvalue weighted by Gasteiger charge is -2.32. The number of para-hydroxylation sites is 1. The van der Waals surface area contributed by atoms with E-state index in [0.29, 0.717) is 29.2 Å². The van der Waals surface area contributed by atoms with Gasteiger partial charge in [-0.3, -0.25) is 14.4 Å². The predicted molar refractivity (Wildman–Crippen MR) is 121 cm³/mol. The van der Waals surface area contributed by atoms with E-state index >= 15 is 0 Å². The highest BCUT2D eigenvalue weighted by Gasteiger charge is 2.47. The highest BCUT2D eigenvalue weighted by molar-refractivity contribution is 6.34. The molecule has 8 nitrogen and oxygen atoms in total. The van der Waals surface area contributed by atoms with Gasteiger partial charge in [-0.05, 0) is 42.7 Å². The molecule has 3 rings (SSSR count). The average molecular weight is 448 g/mol. The number of nitriles is 1. The topological polar surface area (TPSA) is 106 Å². The molecule has 0 aromatic heterocycles. The Labute approximate surface area is 192 Å². The number of amides is 2. The van der Waals surface area contributed by atoms with Crippen LogP contribution in [0.4, 0.5) is 5.69 Å². The number of carbonyl (C=O) groups is 3. The first-order valence-corrected chi connectivity index (χ1v) is 10.4. The van der Waals surface area contributed by atoms with Gasteiger partial charge in [0.05, 0.1) is 26.5 Å². The van der Waals surface area contributed by atoms with E-state index in [1.165, 1.54) is 20.3 Å². The second-order valence-electron chi connectivity index (χ2n) is 7.12. The number of nitrogens with zero attached hydrogens (tertiary/aromatic N) is 2. The number of benzene rings is 2. The highest BCUT2D eigenvalue weighted by Crippen LogP contribution is 2.40. The molecule has 1 aliphatic heterocycles. The third-order valence-electron chi connectivity index (χ3n) is 5.38. The molecule has 1 heterocycles. The van der Waals surface area contributed by atoms with Gasteiger partial charge in [-0.1, -0.05) is 31.2 Å². The van der Waals surface area contributed by atoms with Crippen LogP contribution in [-0.4, -0.2) is 38.6 Å². The van der Waals surface area contributed by atoms with Gasteiger partial charge < -0.3 is 14.2 Å². The summed E-state index contributed by atoms with van der Waals surface area (Å²) in [6.07, 6.45) is 0.547. The molecule has 0 saturated heterocycles. The Morgan fingerprint density at radius 1 is 1.06 bits per heavy atom. The third kappa shape index (κ3) is 4.17. The monoisotopic (exact) mass is 448 g/mol. The van der Waals surface area contributed by atoms with Crippen molar-refractivity contribution in [2.24, 2.45) is 5.92 Å². The van der Waals surface area contributed by atoms with Crippen molar-refractivity contribution in [1.82, 2.24) is 0 Å². The molecule has 1 unspecified atom stereocenters. The Morgan fingerprint density at radius 2 is 1.76 bits per heavy atom. The van der Waals surface area contributed by atoms with Crippen LogP contribution in [0.1, 0.15) is 25.0 Å². The molecule has 2 amide bonds. The van der Waals surface area contributed by atoms with Crippen molar-refractivity contribution in [3.8, 4) is 17.6 Å². The average Bonchev–Trinajstić information content (AvgIpc) is 2.83. The normalized spacial score (nSPS) is 15.8. The van der Waals surface area contributed by atoms with Crippen molar-refractivity contribution in [2.45, 2.75) is 20.3 Å². The van der Waals surface area contributed by atoms with Crippen molar-refractivity contribution in [3.05, 3.63) is 59.2 Å². The molecule has 0 N–H and O–H groups in total. The molecule has 2 aromatic rings. The quantitative estimate of drug-likeness (QED) is 0.363. The molecule has 0 spiro atoms. The minimum absolute atomic E-state index is 0.0165. The second-order valence-corrected chi connectivity index (χ2v) is 7.12. The SMILES string of the molecule is CCOC(=O)C1C(=O)N(c2ccccc2CC)C(=O)C(C#N)=C1c1ccc(OC)c(OC)c1. The number of hydrogen-bond donors (Lipinski definition) is 0. The summed E-state index contributed by atoms with van der Waals surface area (Å²) in [7, 11) is 2.90. The van der Waals surface area contributed by atoms with Gasteiger partial charge in [0.2, 0.25) is 0 Å². The Kier molecular flexibility index (Phi) is 7.13. The molecule has 170 valence electrons. The van der Waals surface area contributed by atoms with Gasteiger partial charge in [0.1, 0.15) is 11.6 Å². The number of anilines is 1. The van der Waals surface area contributed by atoms with Gasteiger partial charge >= 0.3 is 5.97 Å². The Bertz CT molecular complexity index is 1180. The van der Waals surface area contributed by atoms with E-state index in [2.05, 4.69) is 0 Å². The Balaban J connectivity index is 2.30. The van der Waals surface area contributed by atoms with E-state index in [-0.39, 0.29) is 17.8 Å². The molecule has 0 bridgehead atoms. The van der Waals surface area contributed by atoms with Crippen LogP contribution in [0.3, 0.4) is 0 Å². The lowest BCUT2D eigenvalue weighted by Crippen LogP contribution is -2.49. The van der Waals surface area contributed by atoms with Crippen LogP contribution < -0.4 is 14.4 Å². The van der Waals surface area contributed by atoms with Crippen molar-refractivity contribution in [1.29, 1.82) is 5.26 Å². The van der Waals surface area contributed by atoms with Crippen LogP contribution in [0.2, 0.25) is 0 Å². The molecular weight excluding hydrogens is 424 g/mol. The fourth-order valence-corrected chi connectivity index (χ4v) is 3.85. The Hall–Kier alpha value is -4.12. The molecule has 1 atom stereocenters. The summed E-state index contributed by atoms with van der Waals surface area (Å²) in [6.45, 7) is 3.53. The van der Waals surface area contributed by atoms with Crippen LogP contribution in [0.5, 0.6) is 11.5 Å². The van der Waals surface area contributed by atoms with E-state index in [9.17, 15) is 19.6 Å². The maximum Gasteiger partial charge on any atom is 0.323 e. The van der Waals surface area contributed by atoms with E-state index < -0.39 is 23.7 Å². The number of ether oxygens (including phenoxy) is 3. The van der Waals surface area contributed by atoms with E-state index in [4.69, 9.17) is 14.2 Å². The van der Waals surface area contributed by atoms with Crippen LogP contribution in [0.15, 0.2) is 48.0 Å². The summed E-state index contributed by atoms with van der Waals surface area (Å²) in [5, 5.41) is 9.95. The number of hydrogen-bond acceptors (Lipinski definition) is 7. The van der Waals surface area contributed by atoms with Crippen molar-refractivity contribution >= 4 is 29.0 Å². The number of carbonyl (C=O) groups excluding carboxylic acids is 3. The maximum absolute atomic E-state index is 13.6. The minimum Gasteiger partial charge on any atom is -0.493 e. The lowest BCUT2D eigenvalue weighted by molar-refractivity contribution is -0.149. The molecule has 0 radical (unpaired) electrons. The molecule has 8 heteroatoms.